The van der Waals surface area contributed by atoms with E-state index in [1.54, 1.807) is 0 Å². The van der Waals surface area contributed by atoms with Crippen molar-refractivity contribution < 1.29 is 17.9 Å². The number of rotatable bonds is 3. The maximum atomic E-state index is 12.1. The van der Waals surface area contributed by atoms with Crippen LogP contribution in [0.3, 0.4) is 0 Å². The van der Waals surface area contributed by atoms with Crippen molar-refractivity contribution in [3.8, 4) is 6.07 Å². The largest absolute Gasteiger partial charge is 0.381 e. The molecule has 2 rings (SSSR count). The van der Waals surface area contributed by atoms with Gasteiger partial charge in [0.15, 0.2) is 0 Å². The molecule has 1 heterocycles. The third-order valence-electron chi connectivity index (χ3n) is 3.10. The first-order valence-corrected chi connectivity index (χ1v) is 7.66. The Morgan fingerprint density at radius 3 is 2.70 bits per heavy atom. The van der Waals surface area contributed by atoms with Gasteiger partial charge in [0.1, 0.15) is 0 Å². The van der Waals surface area contributed by atoms with Crippen LogP contribution in [0.15, 0.2) is 29.2 Å². The molecular weight excluding hydrogens is 280 g/mol. The van der Waals surface area contributed by atoms with Crippen LogP contribution < -0.4 is 4.72 Å². The Morgan fingerprint density at radius 2 is 2.05 bits per heavy atom. The van der Waals surface area contributed by atoms with E-state index >= 15 is 0 Å². The van der Waals surface area contributed by atoms with E-state index < -0.39 is 15.9 Å². The smallest absolute Gasteiger partial charge is 0.264 e. The van der Waals surface area contributed by atoms with Crippen molar-refractivity contribution in [2.24, 2.45) is 5.92 Å². The maximum absolute atomic E-state index is 12.1. The van der Waals surface area contributed by atoms with Crippen LogP contribution in [0.5, 0.6) is 0 Å². The number of nitriles is 1. The molecule has 1 saturated heterocycles. The molecule has 1 aliphatic heterocycles. The molecule has 0 radical (unpaired) electrons. The van der Waals surface area contributed by atoms with Crippen molar-refractivity contribution >= 4 is 15.9 Å². The van der Waals surface area contributed by atoms with E-state index in [0.717, 1.165) is 0 Å². The summed E-state index contributed by atoms with van der Waals surface area (Å²) in [5, 5.41) is 8.77. The van der Waals surface area contributed by atoms with Crippen LogP contribution >= 0.6 is 0 Å². The highest BCUT2D eigenvalue weighted by Gasteiger charge is 2.26. The van der Waals surface area contributed by atoms with Crippen LogP contribution in [0.2, 0.25) is 0 Å². The normalized spacial score (nSPS) is 16.4. The van der Waals surface area contributed by atoms with Gasteiger partial charge in [-0.3, -0.25) is 4.79 Å². The number of nitrogens with zero attached hydrogens (tertiary/aromatic N) is 1. The first kappa shape index (κ1) is 14.5. The predicted molar refractivity (Wildman–Crippen MR) is 70.0 cm³/mol. The zero-order valence-corrected chi connectivity index (χ0v) is 11.5. The van der Waals surface area contributed by atoms with Crippen molar-refractivity contribution in [3.63, 3.8) is 0 Å². The lowest BCUT2D eigenvalue weighted by Gasteiger charge is -2.21. The van der Waals surface area contributed by atoms with Gasteiger partial charge in [-0.25, -0.2) is 13.1 Å². The summed E-state index contributed by atoms with van der Waals surface area (Å²) in [6.07, 6.45) is 1.03. The molecule has 0 bridgehead atoms. The highest BCUT2D eigenvalue weighted by atomic mass is 32.2. The third-order valence-corrected chi connectivity index (χ3v) is 4.44. The van der Waals surface area contributed by atoms with Gasteiger partial charge in [0.25, 0.3) is 10.0 Å². The van der Waals surface area contributed by atoms with E-state index in [1.165, 1.54) is 24.3 Å². The van der Waals surface area contributed by atoms with E-state index in [0.29, 0.717) is 26.1 Å². The number of carbonyl (C=O) groups is 1. The molecule has 0 atom stereocenters. The second-order valence-electron chi connectivity index (χ2n) is 4.50. The van der Waals surface area contributed by atoms with Crippen LogP contribution in [0.1, 0.15) is 18.4 Å². The summed E-state index contributed by atoms with van der Waals surface area (Å²) < 4.78 is 31.4. The van der Waals surface area contributed by atoms with Crippen molar-refractivity contribution in [1.29, 1.82) is 5.26 Å². The molecule has 1 aromatic rings. The van der Waals surface area contributed by atoms with Gasteiger partial charge in [-0.2, -0.15) is 5.26 Å². The van der Waals surface area contributed by atoms with Gasteiger partial charge in [0.2, 0.25) is 5.91 Å². The second-order valence-corrected chi connectivity index (χ2v) is 6.18. The van der Waals surface area contributed by atoms with Crippen molar-refractivity contribution in [1.82, 2.24) is 4.72 Å². The molecular formula is C13H14N2O4S. The molecule has 0 spiro atoms. The molecule has 0 unspecified atom stereocenters. The highest BCUT2D eigenvalue weighted by Crippen LogP contribution is 2.17. The van der Waals surface area contributed by atoms with E-state index in [2.05, 4.69) is 4.72 Å². The number of ether oxygens (including phenoxy) is 1. The Hall–Kier alpha value is -1.91. The van der Waals surface area contributed by atoms with E-state index in [1.807, 2.05) is 6.07 Å². The van der Waals surface area contributed by atoms with Crippen LogP contribution in [-0.2, 0) is 19.6 Å². The number of hydrogen-bond donors (Lipinski definition) is 1. The number of hydrogen-bond acceptors (Lipinski definition) is 5. The Labute approximate surface area is 117 Å². The molecule has 1 N–H and O–H groups in total. The summed E-state index contributed by atoms with van der Waals surface area (Å²) in [4.78, 5) is 11.8. The van der Waals surface area contributed by atoms with E-state index in [-0.39, 0.29) is 16.4 Å². The lowest BCUT2D eigenvalue weighted by molar-refractivity contribution is -0.125. The summed E-state index contributed by atoms with van der Waals surface area (Å²) >= 11 is 0. The number of carbonyl (C=O) groups excluding carboxylic acids is 1. The van der Waals surface area contributed by atoms with Gasteiger partial charge < -0.3 is 4.74 Å². The Bertz CT molecular complexity index is 643. The first-order valence-electron chi connectivity index (χ1n) is 6.17. The molecule has 1 aliphatic rings. The van der Waals surface area contributed by atoms with Gasteiger partial charge in [0, 0.05) is 19.1 Å². The van der Waals surface area contributed by atoms with Gasteiger partial charge in [-0.15, -0.1) is 0 Å². The predicted octanol–water partition coefficient (Wildman–Crippen LogP) is 0.790. The van der Waals surface area contributed by atoms with E-state index in [4.69, 9.17) is 10.00 Å². The molecule has 0 aliphatic carbocycles. The van der Waals surface area contributed by atoms with Crippen molar-refractivity contribution in [2.45, 2.75) is 17.7 Å². The molecule has 1 amide bonds. The number of nitrogens with one attached hydrogen (secondary N) is 1. The van der Waals surface area contributed by atoms with Gasteiger partial charge in [0.05, 0.1) is 16.5 Å². The average molecular weight is 294 g/mol. The van der Waals surface area contributed by atoms with Crippen LogP contribution in [0.4, 0.5) is 0 Å². The summed E-state index contributed by atoms with van der Waals surface area (Å²) in [6, 6.07) is 7.41. The molecule has 6 nitrogen and oxygen atoms in total. The van der Waals surface area contributed by atoms with Gasteiger partial charge >= 0.3 is 0 Å². The fourth-order valence-electron chi connectivity index (χ4n) is 1.97. The number of sulfonamides is 1. The van der Waals surface area contributed by atoms with E-state index in [9.17, 15) is 13.2 Å². The minimum Gasteiger partial charge on any atom is -0.381 e. The average Bonchev–Trinajstić information content (AvgIpc) is 2.48. The topological polar surface area (TPSA) is 96.3 Å². The highest BCUT2D eigenvalue weighted by molar-refractivity contribution is 7.90. The maximum Gasteiger partial charge on any atom is 0.264 e. The zero-order chi connectivity index (χ0) is 14.6. The van der Waals surface area contributed by atoms with Crippen LogP contribution in [0, 0.1) is 17.2 Å². The Kier molecular flexibility index (Phi) is 4.37. The minimum atomic E-state index is -3.93. The Morgan fingerprint density at radius 1 is 1.35 bits per heavy atom. The first-order chi connectivity index (χ1) is 9.53. The molecule has 1 aromatic carbocycles. The lowest BCUT2D eigenvalue weighted by Crippen LogP contribution is -2.38. The zero-order valence-electron chi connectivity index (χ0n) is 10.7. The number of amides is 1. The van der Waals surface area contributed by atoms with Crippen LogP contribution in [-0.4, -0.2) is 27.5 Å². The number of benzene rings is 1. The van der Waals surface area contributed by atoms with Gasteiger partial charge in [-0.05, 0) is 31.0 Å². The quantitative estimate of drug-likeness (QED) is 0.889. The summed E-state index contributed by atoms with van der Waals surface area (Å²) in [6.45, 7) is 0.921. The fourth-order valence-corrected chi connectivity index (χ4v) is 3.06. The molecule has 0 aromatic heterocycles. The molecule has 106 valence electrons. The molecule has 1 fully saturated rings. The molecule has 20 heavy (non-hydrogen) atoms. The monoisotopic (exact) mass is 294 g/mol. The summed E-state index contributed by atoms with van der Waals surface area (Å²) in [5.74, 6) is -0.867. The molecule has 7 heteroatoms. The lowest BCUT2D eigenvalue weighted by atomic mass is 10.0. The molecule has 0 saturated carbocycles. The third kappa shape index (κ3) is 3.35. The second kappa shape index (κ2) is 6.03. The summed E-state index contributed by atoms with van der Waals surface area (Å²) in [7, 11) is -3.93. The fraction of sp³-hybridized carbons (Fsp3) is 0.385. The van der Waals surface area contributed by atoms with Crippen LogP contribution in [0.25, 0.3) is 0 Å². The summed E-state index contributed by atoms with van der Waals surface area (Å²) in [5.41, 5.74) is 0.228. The minimum absolute atomic E-state index is 0.0861. The van der Waals surface area contributed by atoms with Crippen molar-refractivity contribution in [2.75, 3.05) is 13.2 Å². The van der Waals surface area contributed by atoms with Gasteiger partial charge in [-0.1, -0.05) is 6.07 Å². The Balaban J connectivity index is 2.14. The van der Waals surface area contributed by atoms with Crippen molar-refractivity contribution in [3.05, 3.63) is 29.8 Å². The SMILES string of the molecule is N#Cc1cccc(S(=O)(=O)NC(=O)C2CCOCC2)c1. The standard InChI is InChI=1S/C13H14N2O4S/c14-9-10-2-1-3-12(8-10)20(17,18)15-13(16)11-4-6-19-7-5-11/h1-3,8,11H,4-7H2,(H,15,16).